The number of para-hydroxylation sites is 1. The molecule has 0 radical (unpaired) electrons. The molecular weight excluding hydrogens is 446 g/mol. The maximum Gasteiger partial charge on any atom is 0.323 e. The highest BCUT2D eigenvalue weighted by Gasteiger charge is 2.14. The second-order valence-electron chi connectivity index (χ2n) is 5.88. The van der Waals surface area contributed by atoms with Crippen molar-refractivity contribution >= 4 is 62.1 Å². The number of hydrogen-bond acceptors (Lipinski definition) is 3. The Hall–Kier alpha value is -3.08. The quantitative estimate of drug-likeness (QED) is 0.428. The van der Waals surface area contributed by atoms with Crippen LogP contribution in [0, 0.1) is 11.3 Å². The molecule has 1 amide bonds. The van der Waals surface area contributed by atoms with Crippen molar-refractivity contribution in [3.63, 3.8) is 0 Å². The highest BCUT2D eigenvalue weighted by Crippen LogP contribution is 2.27. The Morgan fingerprint density at radius 3 is 2.71 bits per heavy atom. The first kappa shape index (κ1) is 19.7. The van der Waals surface area contributed by atoms with Gasteiger partial charge in [0.05, 0.1) is 5.02 Å². The number of aliphatic carboxylic acids is 1. The number of aromatic nitrogens is 1. The van der Waals surface area contributed by atoms with E-state index in [-0.39, 0.29) is 12.1 Å². The summed E-state index contributed by atoms with van der Waals surface area (Å²) in [5.74, 6) is -1.57. The number of nitrogens with one attached hydrogen (secondary N) is 1. The third-order valence-corrected chi connectivity index (χ3v) is 5.20. The highest BCUT2D eigenvalue weighted by atomic mass is 79.9. The van der Waals surface area contributed by atoms with Gasteiger partial charge >= 0.3 is 5.97 Å². The zero-order valence-electron chi connectivity index (χ0n) is 14.3. The summed E-state index contributed by atoms with van der Waals surface area (Å²) in [5, 5.41) is 22.3. The molecule has 0 aliphatic rings. The van der Waals surface area contributed by atoms with Crippen LogP contribution in [0.2, 0.25) is 5.02 Å². The van der Waals surface area contributed by atoms with Crippen molar-refractivity contribution in [2.45, 2.75) is 6.54 Å². The Morgan fingerprint density at radius 2 is 2.04 bits per heavy atom. The fourth-order valence-electron chi connectivity index (χ4n) is 2.74. The van der Waals surface area contributed by atoms with E-state index in [0.29, 0.717) is 26.3 Å². The molecular formula is C20H13BrClN3O3. The van der Waals surface area contributed by atoms with E-state index in [1.54, 1.807) is 53.2 Å². The van der Waals surface area contributed by atoms with Gasteiger partial charge < -0.3 is 15.0 Å². The Labute approximate surface area is 173 Å². The number of rotatable bonds is 5. The number of halogens is 2. The lowest BCUT2D eigenvalue weighted by Crippen LogP contribution is -2.13. The van der Waals surface area contributed by atoms with E-state index in [9.17, 15) is 14.9 Å². The van der Waals surface area contributed by atoms with E-state index in [4.69, 9.17) is 16.7 Å². The van der Waals surface area contributed by atoms with Crippen LogP contribution in [0.3, 0.4) is 0 Å². The van der Waals surface area contributed by atoms with Crippen LogP contribution in [-0.4, -0.2) is 21.6 Å². The molecule has 2 N–H and O–H groups in total. The normalized spacial score (nSPS) is 11.2. The topological polar surface area (TPSA) is 95.1 Å². The minimum absolute atomic E-state index is 0.114. The highest BCUT2D eigenvalue weighted by molar-refractivity contribution is 9.10. The van der Waals surface area contributed by atoms with E-state index in [0.717, 1.165) is 5.39 Å². The Kier molecular flexibility index (Phi) is 5.83. The summed E-state index contributed by atoms with van der Waals surface area (Å²) in [7, 11) is 0. The Morgan fingerprint density at radius 1 is 1.29 bits per heavy atom. The second-order valence-corrected chi connectivity index (χ2v) is 7.14. The summed E-state index contributed by atoms with van der Waals surface area (Å²) < 4.78 is 2.25. The first-order chi connectivity index (χ1) is 13.4. The zero-order valence-corrected chi connectivity index (χ0v) is 16.7. The van der Waals surface area contributed by atoms with Gasteiger partial charge in [0.1, 0.15) is 18.2 Å². The van der Waals surface area contributed by atoms with Crippen LogP contribution in [0.25, 0.3) is 17.0 Å². The lowest BCUT2D eigenvalue weighted by molar-refractivity contribution is -0.137. The largest absolute Gasteiger partial charge is 0.480 e. The van der Waals surface area contributed by atoms with Gasteiger partial charge in [-0.1, -0.05) is 29.8 Å². The molecule has 0 spiro atoms. The first-order valence-corrected chi connectivity index (χ1v) is 9.24. The van der Waals surface area contributed by atoms with E-state index < -0.39 is 11.9 Å². The number of hydrogen-bond donors (Lipinski definition) is 2. The van der Waals surface area contributed by atoms with Crippen molar-refractivity contribution in [3.05, 3.63) is 69.3 Å². The molecule has 2 aromatic carbocycles. The Bertz CT molecular complexity index is 1160. The number of carbonyl (C=O) groups excluding carboxylic acids is 1. The summed E-state index contributed by atoms with van der Waals surface area (Å²) in [6, 6.07) is 14.0. The summed E-state index contributed by atoms with van der Waals surface area (Å²) in [6.45, 7) is -0.222. The molecule has 28 heavy (non-hydrogen) atoms. The SMILES string of the molecule is N#CC(=Cc1cn(CC(=O)O)c2ccccc12)C(=O)Nc1ccc(Br)c(Cl)c1. The molecule has 3 rings (SSSR count). The number of carboxylic acid groups (broad SMARTS) is 1. The summed E-state index contributed by atoms with van der Waals surface area (Å²) in [4.78, 5) is 23.6. The summed E-state index contributed by atoms with van der Waals surface area (Å²) in [6.07, 6.45) is 3.05. The Balaban J connectivity index is 1.96. The van der Waals surface area contributed by atoms with Crippen LogP contribution in [0.4, 0.5) is 5.69 Å². The standard InChI is InChI=1S/C20H13BrClN3O3/c21-16-6-5-14(8-17(16)22)24-20(28)12(9-23)7-13-10-25(11-19(26)27)18-4-2-1-3-15(13)18/h1-8,10H,11H2,(H,24,28)(H,26,27). The number of anilines is 1. The van der Waals surface area contributed by atoms with Gasteiger partial charge in [0, 0.05) is 32.8 Å². The molecule has 0 aliphatic heterocycles. The molecule has 140 valence electrons. The van der Waals surface area contributed by atoms with Crippen molar-refractivity contribution in [1.29, 1.82) is 5.26 Å². The molecule has 6 nitrogen and oxygen atoms in total. The molecule has 1 aromatic heterocycles. The predicted molar refractivity (Wildman–Crippen MR) is 111 cm³/mol. The van der Waals surface area contributed by atoms with E-state index >= 15 is 0 Å². The third kappa shape index (κ3) is 4.25. The molecule has 1 heterocycles. The minimum Gasteiger partial charge on any atom is -0.480 e. The third-order valence-electron chi connectivity index (χ3n) is 3.97. The average molecular weight is 459 g/mol. The summed E-state index contributed by atoms with van der Waals surface area (Å²) in [5.41, 5.74) is 1.62. The number of nitriles is 1. The van der Waals surface area contributed by atoms with Crippen LogP contribution in [-0.2, 0) is 16.1 Å². The molecule has 8 heteroatoms. The van der Waals surface area contributed by atoms with Crippen molar-refractivity contribution < 1.29 is 14.7 Å². The zero-order chi connectivity index (χ0) is 20.3. The maximum atomic E-state index is 12.5. The van der Waals surface area contributed by atoms with Crippen LogP contribution in [0.15, 0.2) is 58.7 Å². The van der Waals surface area contributed by atoms with Gasteiger partial charge in [-0.2, -0.15) is 5.26 Å². The van der Waals surface area contributed by atoms with Gasteiger partial charge in [-0.3, -0.25) is 9.59 Å². The van der Waals surface area contributed by atoms with Crippen LogP contribution in [0.5, 0.6) is 0 Å². The number of benzene rings is 2. The smallest absolute Gasteiger partial charge is 0.323 e. The molecule has 0 fully saturated rings. The van der Waals surface area contributed by atoms with Gasteiger partial charge in [0.15, 0.2) is 0 Å². The second kappa shape index (κ2) is 8.30. The number of carboxylic acids is 1. The van der Waals surface area contributed by atoms with E-state index in [1.165, 1.54) is 6.08 Å². The first-order valence-electron chi connectivity index (χ1n) is 8.07. The average Bonchev–Trinajstić information content (AvgIpc) is 2.99. The van der Waals surface area contributed by atoms with Crippen LogP contribution < -0.4 is 5.32 Å². The van der Waals surface area contributed by atoms with Gasteiger partial charge in [-0.15, -0.1) is 0 Å². The van der Waals surface area contributed by atoms with Crippen molar-refractivity contribution in [2.75, 3.05) is 5.32 Å². The van der Waals surface area contributed by atoms with E-state index in [1.807, 2.05) is 6.07 Å². The van der Waals surface area contributed by atoms with Crippen LogP contribution in [0.1, 0.15) is 5.56 Å². The number of amides is 1. The monoisotopic (exact) mass is 457 g/mol. The molecule has 0 aliphatic carbocycles. The van der Waals surface area contributed by atoms with Gasteiger partial charge in [-0.05, 0) is 46.3 Å². The lowest BCUT2D eigenvalue weighted by Gasteiger charge is -2.05. The maximum absolute atomic E-state index is 12.5. The fourth-order valence-corrected chi connectivity index (χ4v) is 3.17. The lowest BCUT2D eigenvalue weighted by atomic mass is 10.1. The number of nitrogens with zero attached hydrogens (tertiary/aromatic N) is 2. The van der Waals surface area contributed by atoms with Crippen molar-refractivity contribution in [3.8, 4) is 6.07 Å². The molecule has 0 unspecified atom stereocenters. The molecule has 0 saturated heterocycles. The minimum atomic E-state index is -0.985. The van der Waals surface area contributed by atoms with Crippen LogP contribution >= 0.6 is 27.5 Å². The summed E-state index contributed by atoms with van der Waals surface area (Å²) >= 11 is 9.29. The van der Waals surface area contributed by atoms with Gasteiger partial charge in [-0.25, -0.2) is 0 Å². The number of fused-ring (bicyclic) bond motifs is 1. The molecule has 0 bridgehead atoms. The molecule has 0 atom stereocenters. The van der Waals surface area contributed by atoms with Gasteiger partial charge in [0.25, 0.3) is 5.91 Å². The van der Waals surface area contributed by atoms with Gasteiger partial charge in [0.2, 0.25) is 0 Å². The van der Waals surface area contributed by atoms with E-state index in [2.05, 4.69) is 21.2 Å². The van der Waals surface area contributed by atoms with Crippen molar-refractivity contribution in [2.24, 2.45) is 0 Å². The molecule has 3 aromatic rings. The van der Waals surface area contributed by atoms with Crippen molar-refractivity contribution in [1.82, 2.24) is 4.57 Å². The number of carbonyl (C=O) groups is 2. The molecule has 0 saturated carbocycles. The fraction of sp³-hybridized carbons (Fsp3) is 0.0500. The predicted octanol–water partition coefficient (Wildman–Crippen LogP) is 4.69.